The quantitative estimate of drug-likeness (QED) is 0.886. The third-order valence-electron chi connectivity index (χ3n) is 3.04. The normalized spacial score (nSPS) is 12.4. The van der Waals surface area contributed by atoms with Crippen LogP contribution in [-0.4, -0.2) is 5.11 Å². The van der Waals surface area contributed by atoms with Gasteiger partial charge in [0, 0.05) is 18.2 Å². The van der Waals surface area contributed by atoms with E-state index in [0.717, 1.165) is 11.1 Å². The Balaban J connectivity index is 2.02. The van der Waals surface area contributed by atoms with Gasteiger partial charge in [-0.3, -0.25) is 0 Å². The number of phenolic OH excluding ortho intramolecular Hbond substituents is 1. The molecule has 100 valence electrons. The highest BCUT2D eigenvalue weighted by Crippen LogP contribution is 2.27. The maximum absolute atomic E-state index is 12.8. The largest absolute Gasteiger partial charge is 0.506 e. The highest BCUT2D eigenvalue weighted by molar-refractivity contribution is 9.10. The molecule has 0 fully saturated rings. The van der Waals surface area contributed by atoms with Crippen molar-refractivity contribution in [3.63, 3.8) is 0 Å². The van der Waals surface area contributed by atoms with Gasteiger partial charge in [-0.25, -0.2) is 4.39 Å². The molecule has 0 amide bonds. The van der Waals surface area contributed by atoms with E-state index < -0.39 is 0 Å². The van der Waals surface area contributed by atoms with Crippen LogP contribution in [0, 0.1) is 5.82 Å². The third kappa shape index (κ3) is 3.55. The molecule has 0 aromatic heterocycles. The summed E-state index contributed by atoms with van der Waals surface area (Å²) in [5, 5.41) is 13.2. The number of hydrogen-bond acceptors (Lipinski definition) is 2. The molecule has 0 bridgehead atoms. The lowest BCUT2D eigenvalue weighted by Crippen LogP contribution is -2.18. The highest BCUT2D eigenvalue weighted by Gasteiger charge is 2.08. The lowest BCUT2D eigenvalue weighted by molar-refractivity contribution is 0.457. The molecule has 0 aliphatic heterocycles. The standard InChI is InChI=1S/C15H15BrFNO/c1-10(11-5-7-13(17)8-6-11)18-9-12-3-2-4-14(16)15(12)19/h2-8,10,18-19H,9H2,1H3. The second kappa shape index (κ2) is 6.17. The molecule has 0 saturated carbocycles. The lowest BCUT2D eigenvalue weighted by Gasteiger charge is -2.15. The topological polar surface area (TPSA) is 32.3 Å². The number of nitrogens with one attached hydrogen (secondary N) is 1. The van der Waals surface area contributed by atoms with Crippen molar-refractivity contribution in [3.05, 3.63) is 63.9 Å². The van der Waals surface area contributed by atoms with Crippen molar-refractivity contribution < 1.29 is 9.50 Å². The van der Waals surface area contributed by atoms with Crippen molar-refractivity contribution in [2.75, 3.05) is 0 Å². The number of para-hydroxylation sites is 1. The summed E-state index contributed by atoms with van der Waals surface area (Å²) < 4.78 is 13.5. The van der Waals surface area contributed by atoms with Gasteiger partial charge in [-0.05, 0) is 46.6 Å². The number of benzene rings is 2. The van der Waals surface area contributed by atoms with Gasteiger partial charge in [-0.1, -0.05) is 24.3 Å². The average Bonchev–Trinajstić information content (AvgIpc) is 2.41. The number of rotatable bonds is 4. The minimum atomic E-state index is -0.236. The van der Waals surface area contributed by atoms with Crippen molar-refractivity contribution >= 4 is 15.9 Å². The van der Waals surface area contributed by atoms with E-state index in [-0.39, 0.29) is 17.6 Å². The smallest absolute Gasteiger partial charge is 0.134 e. The van der Waals surface area contributed by atoms with Crippen LogP contribution < -0.4 is 5.32 Å². The molecule has 2 nitrogen and oxygen atoms in total. The van der Waals surface area contributed by atoms with Gasteiger partial charge in [-0.15, -0.1) is 0 Å². The molecule has 2 aromatic rings. The van der Waals surface area contributed by atoms with Crippen molar-refractivity contribution in [2.45, 2.75) is 19.5 Å². The summed E-state index contributed by atoms with van der Waals surface area (Å²) >= 11 is 3.29. The fourth-order valence-corrected chi connectivity index (χ4v) is 2.24. The van der Waals surface area contributed by atoms with Gasteiger partial charge in [0.2, 0.25) is 0 Å². The number of hydrogen-bond donors (Lipinski definition) is 2. The first kappa shape index (κ1) is 14.0. The first-order valence-electron chi connectivity index (χ1n) is 6.03. The molecule has 0 heterocycles. The molecule has 0 saturated heterocycles. The Kier molecular flexibility index (Phi) is 4.56. The maximum atomic E-state index is 12.8. The molecule has 0 radical (unpaired) electrons. The van der Waals surface area contributed by atoms with Crippen molar-refractivity contribution in [1.29, 1.82) is 0 Å². The zero-order chi connectivity index (χ0) is 13.8. The Morgan fingerprint density at radius 2 is 1.89 bits per heavy atom. The Hall–Kier alpha value is -1.39. The van der Waals surface area contributed by atoms with Gasteiger partial charge in [0.15, 0.2) is 0 Å². The van der Waals surface area contributed by atoms with E-state index in [0.29, 0.717) is 11.0 Å². The van der Waals surface area contributed by atoms with E-state index in [9.17, 15) is 9.50 Å². The lowest BCUT2D eigenvalue weighted by atomic mass is 10.1. The van der Waals surface area contributed by atoms with Crippen LogP contribution in [0.25, 0.3) is 0 Å². The summed E-state index contributed by atoms with van der Waals surface area (Å²) in [4.78, 5) is 0. The fraction of sp³-hybridized carbons (Fsp3) is 0.200. The molecular weight excluding hydrogens is 309 g/mol. The van der Waals surface area contributed by atoms with Crippen molar-refractivity contribution in [2.24, 2.45) is 0 Å². The molecule has 2 N–H and O–H groups in total. The second-order valence-electron chi connectivity index (χ2n) is 4.40. The third-order valence-corrected chi connectivity index (χ3v) is 3.68. The summed E-state index contributed by atoms with van der Waals surface area (Å²) in [7, 11) is 0. The second-order valence-corrected chi connectivity index (χ2v) is 5.26. The first-order chi connectivity index (χ1) is 9.08. The fourth-order valence-electron chi connectivity index (χ4n) is 1.84. The van der Waals surface area contributed by atoms with Crippen LogP contribution in [0.4, 0.5) is 4.39 Å². The van der Waals surface area contributed by atoms with Gasteiger partial charge in [-0.2, -0.15) is 0 Å². The Labute approximate surface area is 120 Å². The van der Waals surface area contributed by atoms with Gasteiger partial charge in [0.25, 0.3) is 0 Å². The van der Waals surface area contributed by atoms with Gasteiger partial charge in [0.1, 0.15) is 11.6 Å². The van der Waals surface area contributed by atoms with Crippen LogP contribution in [0.15, 0.2) is 46.9 Å². The zero-order valence-corrected chi connectivity index (χ0v) is 12.1. The van der Waals surface area contributed by atoms with Gasteiger partial charge in [0.05, 0.1) is 4.47 Å². The van der Waals surface area contributed by atoms with Crippen LogP contribution in [-0.2, 0) is 6.54 Å². The summed E-state index contributed by atoms with van der Waals surface area (Å²) in [6.07, 6.45) is 0. The molecule has 2 rings (SSSR count). The van der Waals surface area contributed by atoms with E-state index in [2.05, 4.69) is 21.2 Å². The van der Waals surface area contributed by atoms with Crippen molar-refractivity contribution in [3.8, 4) is 5.75 Å². The zero-order valence-electron chi connectivity index (χ0n) is 10.5. The van der Waals surface area contributed by atoms with E-state index in [1.807, 2.05) is 19.1 Å². The van der Waals surface area contributed by atoms with Crippen LogP contribution in [0.1, 0.15) is 24.1 Å². The van der Waals surface area contributed by atoms with E-state index in [4.69, 9.17) is 0 Å². The highest BCUT2D eigenvalue weighted by atomic mass is 79.9. The Bertz CT molecular complexity index is 557. The number of aromatic hydroxyl groups is 1. The van der Waals surface area contributed by atoms with Crippen LogP contribution in [0.3, 0.4) is 0 Å². The SMILES string of the molecule is CC(NCc1cccc(Br)c1O)c1ccc(F)cc1. The van der Waals surface area contributed by atoms with E-state index in [1.165, 1.54) is 12.1 Å². The molecule has 0 aliphatic rings. The van der Waals surface area contributed by atoms with Crippen molar-refractivity contribution in [1.82, 2.24) is 5.32 Å². The van der Waals surface area contributed by atoms with Crippen LogP contribution in [0.5, 0.6) is 5.75 Å². The molecular formula is C15H15BrFNO. The Morgan fingerprint density at radius 3 is 2.58 bits per heavy atom. The number of halogens is 2. The van der Waals surface area contributed by atoms with Gasteiger partial charge < -0.3 is 10.4 Å². The predicted octanol–water partition coefficient (Wildman–Crippen LogP) is 4.14. The Morgan fingerprint density at radius 1 is 1.21 bits per heavy atom. The maximum Gasteiger partial charge on any atom is 0.134 e. The molecule has 19 heavy (non-hydrogen) atoms. The number of phenols is 1. The molecule has 1 unspecified atom stereocenters. The molecule has 1 atom stereocenters. The van der Waals surface area contributed by atoms with Crippen LogP contribution in [0.2, 0.25) is 0 Å². The average molecular weight is 324 g/mol. The summed E-state index contributed by atoms with van der Waals surface area (Å²) in [6, 6.07) is 12.0. The van der Waals surface area contributed by atoms with E-state index in [1.54, 1.807) is 18.2 Å². The van der Waals surface area contributed by atoms with Crippen LogP contribution >= 0.6 is 15.9 Å². The minimum absolute atomic E-state index is 0.0824. The van der Waals surface area contributed by atoms with E-state index >= 15 is 0 Å². The summed E-state index contributed by atoms with van der Waals surface area (Å²) in [5.74, 6) is 0.0156. The molecule has 2 aromatic carbocycles. The van der Waals surface area contributed by atoms with Gasteiger partial charge >= 0.3 is 0 Å². The summed E-state index contributed by atoms with van der Waals surface area (Å²) in [5.41, 5.74) is 1.83. The monoisotopic (exact) mass is 323 g/mol. The molecule has 4 heteroatoms. The summed E-state index contributed by atoms with van der Waals surface area (Å²) in [6.45, 7) is 2.55. The molecule has 0 spiro atoms. The molecule has 0 aliphatic carbocycles. The minimum Gasteiger partial charge on any atom is -0.506 e. The first-order valence-corrected chi connectivity index (χ1v) is 6.82. The predicted molar refractivity (Wildman–Crippen MR) is 77.5 cm³/mol.